The molecule has 1 amide bonds. The molecule has 1 fully saturated rings. The monoisotopic (exact) mass is 277 g/mol. The highest BCUT2D eigenvalue weighted by Crippen LogP contribution is 2.15. The Balaban J connectivity index is 1.91. The van der Waals surface area contributed by atoms with Crippen LogP contribution in [0.25, 0.3) is 0 Å². The Bertz CT molecular complexity index is 451. The van der Waals surface area contributed by atoms with E-state index in [1.807, 2.05) is 20.8 Å². The number of hydrogen-bond acceptors (Lipinski definition) is 5. The summed E-state index contributed by atoms with van der Waals surface area (Å²) in [6.07, 6.45) is 3.41. The van der Waals surface area contributed by atoms with Crippen molar-refractivity contribution in [3.63, 3.8) is 0 Å². The maximum absolute atomic E-state index is 12.4. The number of carbonyl (C=O) groups excluding carboxylic acids is 1. The summed E-state index contributed by atoms with van der Waals surface area (Å²) in [6, 6.07) is 0. The minimum atomic E-state index is -0.500. The van der Waals surface area contributed by atoms with Crippen molar-refractivity contribution in [2.75, 3.05) is 26.2 Å². The normalized spacial score (nSPS) is 16.9. The van der Waals surface area contributed by atoms with Crippen molar-refractivity contribution < 1.29 is 4.79 Å². The molecule has 0 atom stereocenters. The molecule has 6 heteroatoms. The Labute approximate surface area is 120 Å². The molecule has 0 aliphatic carbocycles. The first-order valence-electron chi connectivity index (χ1n) is 7.02. The lowest BCUT2D eigenvalue weighted by Crippen LogP contribution is -2.59. The average Bonchev–Trinajstić information content (AvgIpc) is 2.47. The molecule has 1 aromatic rings. The summed E-state index contributed by atoms with van der Waals surface area (Å²) in [7, 11) is 0. The molecule has 0 spiro atoms. The fraction of sp³-hybridized carbons (Fsp3) is 0.643. The molecule has 2 N–H and O–H groups in total. The highest BCUT2D eigenvalue weighted by molar-refractivity contribution is 5.85. The van der Waals surface area contributed by atoms with E-state index in [1.54, 1.807) is 12.4 Å². The summed E-state index contributed by atoms with van der Waals surface area (Å²) in [4.78, 5) is 23.0. The number of carbonyl (C=O) groups is 1. The standard InChI is InChI=1S/C14H23N5O/c1-11-8-17-12(9-16-11)10-18-13(20)14(2,3)19-6-4-15-5-7-19/h8-9,15H,4-7,10H2,1-3H3,(H,18,20). The second kappa shape index (κ2) is 6.28. The van der Waals surface area contributed by atoms with E-state index in [2.05, 4.69) is 25.5 Å². The van der Waals surface area contributed by atoms with E-state index in [9.17, 15) is 4.79 Å². The number of aromatic nitrogens is 2. The number of amides is 1. The molecule has 1 aliphatic heterocycles. The molecule has 1 aliphatic rings. The summed E-state index contributed by atoms with van der Waals surface area (Å²) in [5, 5.41) is 6.25. The van der Waals surface area contributed by atoms with Crippen molar-refractivity contribution in [1.29, 1.82) is 0 Å². The van der Waals surface area contributed by atoms with E-state index >= 15 is 0 Å². The lowest BCUT2D eigenvalue weighted by Gasteiger charge is -2.39. The first-order valence-corrected chi connectivity index (χ1v) is 7.02. The molecule has 0 aromatic carbocycles. The van der Waals surface area contributed by atoms with E-state index in [0.29, 0.717) is 6.54 Å². The van der Waals surface area contributed by atoms with Crippen LogP contribution in [0.5, 0.6) is 0 Å². The van der Waals surface area contributed by atoms with E-state index in [-0.39, 0.29) is 5.91 Å². The van der Waals surface area contributed by atoms with E-state index in [1.165, 1.54) is 0 Å². The van der Waals surface area contributed by atoms with Gasteiger partial charge >= 0.3 is 0 Å². The van der Waals surface area contributed by atoms with Gasteiger partial charge in [0, 0.05) is 32.4 Å². The lowest BCUT2D eigenvalue weighted by molar-refractivity contribution is -0.132. The molecule has 0 bridgehead atoms. The minimum Gasteiger partial charge on any atom is -0.349 e. The van der Waals surface area contributed by atoms with Gasteiger partial charge in [0.1, 0.15) is 0 Å². The third-order valence-corrected chi connectivity index (χ3v) is 3.73. The highest BCUT2D eigenvalue weighted by atomic mass is 16.2. The molecule has 6 nitrogen and oxygen atoms in total. The quantitative estimate of drug-likeness (QED) is 0.816. The molecule has 2 rings (SSSR count). The fourth-order valence-corrected chi connectivity index (χ4v) is 2.27. The first-order chi connectivity index (χ1) is 9.50. The third kappa shape index (κ3) is 3.52. The molecule has 110 valence electrons. The summed E-state index contributed by atoms with van der Waals surface area (Å²) >= 11 is 0. The van der Waals surface area contributed by atoms with Crippen LogP contribution in [-0.4, -0.2) is 52.5 Å². The predicted octanol–water partition coefficient (Wildman–Crippen LogP) is 0.0850. The predicted molar refractivity (Wildman–Crippen MR) is 77.1 cm³/mol. The van der Waals surface area contributed by atoms with Crippen molar-refractivity contribution in [2.24, 2.45) is 0 Å². The number of nitrogens with zero attached hydrogens (tertiary/aromatic N) is 3. The zero-order valence-electron chi connectivity index (χ0n) is 12.4. The van der Waals surface area contributed by atoms with E-state index in [0.717, 1.165) is 37.6 Å². The van der Waals surface area contributed by atoms with Gasteiger partial charge in [-0.2, -0.15) is 0 Å². The van der Waals surface area contributed by atoms with Gasteiger partial charge in [0.2, 0.25) is 5.91 Å². The Morgan fingerprint density at radius 3 is 2.65 bits per heavy atom. The van der Waals surface area contributed by atoms with Gasteiger partial charge in [-0.05, 0) is 20.8 Å². The molecule has 0 unspecified atom stereocenters. The van der Waals surface area contributed by atoms with Gasteiger partial charge in [-0.1, -0.05) is 0 Å². The summed E-state index contributed by atoms with van der Waals surface area (Å²) in [5.41, 5.74) is 1.15. The van der Waals surface area contributed by atoms with Crippen LogP contribution in [-0.2, 0) is 11.3 Å². The van der Waals surface area contributed by atoms with Crippen LogP contribution in [0.2, 0.25) is 0 Å². The van der Waals surface area contributed by atoms with Crippen LogP contribution >= 0.6 is 0 Å². The second-order valence-electron chi connectivity index (χ2n) is 5.63. The number of aryl methyl sites for hydroxylation is 1. The lowest BCUT2D eigenvalue weighted by atomic mass is 10.0. The van der Waals surface area contributed by atoms with E-state index < -0.39 is 5.54 Å². The van der Waals surface area contributed by atoms with Crippen LogP contribution in [0.15, 0.2) is 12.4 Å². The maximum atomic E-state index is 12.4. The Morgan fingerprint density at radius 1 is 1.35 bits per heavy atom. The molecule has 20 heavy (non-hydrogen) atoms. The Kier molecular flexibility index (Phi) is 4.67. The average molecular weight is 277 g/mol. The smallest absolute Gasteiger partial charge is 0.240 e. The van der Waals surface area contributed by atoms with Gasteiger partial charge in [-0.25, -0.2) is 0 Å². The molecule has 0 radical (unpaired) electrons. The topological polar surface area (TPSA) is 70.2 Å². The minimum absolute atomic E-state index is 0.0294. The maximum Gasteiger partial charge on any atom is 0.240 e. The Morgan fingerprint density at radius 2 is 2.05 bits per heavy atom. The van der Waals surface area contributed by atoms with Gasteiger partial charge in [-0.3, -0.25) is 19.7 Å². The second-order valence-corrected chi connectivity index (χ2v) is 5.63. The van der Waals surface area contributed by atoms with Gasteiger partial charge in [-0.15, -0.1) is 0 Å². The zero-order valence-corrected chi connectivity index (χ0v) is 12.4. The Hall–Kier alpha value is -1.53. The van der Waals surface area contributed by atoms with Crippen molar-refractivity contribution in [2.45, 2.75) is 32.9 Å². The highest BCUT2D eigenvalue weighted by Gasteiger charge is 2.34. The summed E-state index contributed by atoms with van der Waals surface area (Å²) in [5.74, 6) is 0.0294. The molecule has 2 heterocycles. The van der Waals surface area contributed by atoms with Crippen LogP contribution in [0.3, 0.4) is 0 Å². The van der Waals surface area contributed by atoms with Crippen molar-refractivity contribution in [1.82, 2.24) is 25.5 Å². The summed E-state index contributed by atoms with van der Waals surface area (Å²) < 4.78 is 0. The number of hydrogen-bond donors (Lipinski definition) is 2. The first kappa shape index (κ1) is 14.9. The van der Waals surface area contributed by atoms with Gasteiger partial charge in [0.05, 0.1) is 29.7 Å². The van der Waals surface area contributed by atoms with Crippen molar-refractivity contribution in [3.05, 3.63) is 23.8 Å². The van der Waals surface area contributed by atoms with Gasteiger partial charge in [0.25, 0.3) is 0 Å². The number of rotatable bonds is 4. The SMILES string of the molecule is Cc1cnc(CNC(=O)C(C)(C)N2CCNCC2)cn1. The summed E-state index contributed by atoms with van der Waals surface area (Å²) in [6.45, 7) is 9.89. The fourth-order valence-electron chi connectivity index (χ4n) is 2.27. The van der Waals surface area contributed by atoms with Crippen molar-refractivity contribution >= 4 is 5.91 Å². The number of piperazine rings is 1. The van der Waals surface area contributed by atoms with Gasteiger partial charge < -0.3 is 10.6 Å². The van der Waals surface area contributed by atoms with Crippen molar-refractivity contribution in [3.8, 4) is 0 Å². The molecule has 1 aromatic heterocycles. The molecule has 0 saturated carbocycles. The van der Waals surface area contributed by atoms with Gasteiger partial charge in [0.15, 0.2) is 0 Å². The zero-order chi connectivity index (χ0) is 14.6. The molecular weight excluding hydrogens is 254 g/mol. The largest absolute Gasteiger partial charge is 0.349 e. The van der Waals surface area contributed by atoms with Crippen LogP contribution in [0.4, 0.5) is 0 Å². The molecular formula is C14H23N5O. The van der Waals surface area contributed by atoms with Crippen LogP contribution < -0.4 is 10.6 Å². The molecule has 1 saturated heterocycles. The van der Waals surface area contributed by atoms with Crippen LogP contribution in [0.1, 0.15) is 25.2 Å². The number of nitrogens with one attached hydrogen (secondary N) is 2. The van der Waals surface area contributed by atoms with Crippen LogP contribution in [0, 0.1) is 6.92 Å². The third-order valence-electron chi connectivity index (χ3n) is 3.73. The van der Waals surface area contributed by atoms with E-state index in [4.69, 9.17) is 0 Å².